The molecule has 12 heteroatoms. The summed E-state index contributed by atoms with van der Waals surface area (Å²) in [4.78, 5) is 14.7. The van der Waals surface area contributed by atoms with Crippen LogP contribution in [0.5, 0.6) is 17.2 Å². The molecular weight excluding hydrogens is 1090 g/mol. The van der Waals surface area contributed by atoms with E-state index in [1.165, 1.54) is 57.8 Å². The summed E-state index contributed by atoms with van der Waals surface area (Å²) < 4.78 is 55.6. The summed E-state index contributed by atoms with van der Waals surface area (Å²) in [5, 5.41) is 0. The predicted molar refractivity (Wildman–Crippen MR) is 344 cm³/mol. The Labute approximate surface area is 519 Å². The van der Waals surface area contributed by atoms with Gasteiger partial charge in [0.05, 0.1) is 19.8 Å². The van der Waals surface area contributed by atoms with E-state index in [0.29, 0.717) is 71.2 Å². The van der Waals surface area contributed by atoms with Crippen molar-refractivity contribution in [2.75, 3.05) is 62.5 Å². The van der Waals surface area contributed by atoms with Crippen LogP contribution in [0.3, 0.4) is 0 Å². The van der Waals surface area contributed by atoms with Gasteiger partial charge in [-0.05, 0) is 128 Å². The molecule has 4 aliphatic heterocycles. The average Bonchev–Trinajstić information content (AvgIpc) is 1.44. The third-order valence-corrected chi connectivity index (χ3v) is 15.5. The Morgan fingerprint density at radius 1 is 0.264 bits per heavy atom. The maximum atomic E-state index is 6.36. The Hall–Kier alpha value is -7.59. The number of methoxy groups -OCH3 is 6. The van der Waals surface area contributed by atoms with E-state index >= 15 is 0 Å². The Morgan fingerprint density at radius 3 is 0.609 bits per heavy atom. The van der Waals surface area contributed by atoms with Gasteiger partial charge in [0.1, 0.15) is 51.4 Å². The van der Waals surface area contributed by atoms with Crippen molar-refractivity contribution >= 4 is 0 Å². The largest absolute Gasteiger partial charge is 0.493 e. The summed E-state index contributed by atoms with van der Waals surface area (Å²) in [5.41, 5.74) is -4.27. The second-order valence-electron chi connectivity index (χ2n) is 22.1. The zero-order chi connectivity index (χ0) is 61.7. The van der Waals surface area contributed by atoms with Gasteiger partial charge in [0.25, 0.3) is 0 Å². The second kappa shape index (κ2) is 33.5. The van der Waals surface area contributed by atoms with Crippen molar-refractivity contribution in [1.29, 1.82) is 0 Å². The number of unbranched alkanes of at least 4 members (excludes halogenated alkanes) is 15. The van der Waals surface area contributed by atoms with Gasteiger partial charge in [-0.2, -0.15) is 0 Å². The van der Waals surface area contributed by atoms with Gasteiger partial charge in [-0.25, -0.2) is 15.0 Å². The SMILES string of the molecule is CCCCCCCCOc1cc2nc(c1)C#CC1(OC)C=CC(OC)(C#Cc3cc(OCCCCCCCC)cc(n3)C#CC3(OC)C=CC(OC)(C#Cc4cc(OCCCCCCCC)cc(n4)C#CC4(OC)C=CC(OC)(C#C2)C=C4)C=C3)C=C1. The first-order chi connectivity index (χ1) is 42.4. The van der Waals surface area contributed by atoms with Crippen LogP contribution in [0.2, 0.25) is 0 Å². The molecule has 0 radical (unpaired) electrons. The molecule has 0 saturated carbocycles. The van der Waals surface area contributed by atoms with Crippen LogP contribution in [0.15, 0.2) is 109 Å². The lowest BCUT2D eigenvalue weighted by Gasteiger charge is -2.29. The molecule has 87 heavy (non-hydrogen) atoms. The Kier molecular flexibility index (Phi) is 25.8. The van der Waals surface area contributed by atoms with Gasteiger partial charge >= 0.3 is 0 Å². The number of ether oxygens (including phenoxy) is 9. The molecule has 0 atom stereocenters. The summed E-state index contributed by atoms with van der Waals surface area (Å²) in [5.74, 6) is 41.2. The molecule has 12 nitrogen and oxygen atoms in total. The van der Waals surface area contributed by atoms with Gasteiger partial charge in [-0.1, -0.05) is 153 Å². The fourth-order valence-corrected chi connectivity index (χ4v) is 9.78. The zero-order valence-corrected chi connectivity index (χ0v) is 52.8. The minimum absolute atomic E-state index is 0.440. The monoisotopic (exact) mass is 1170 g/mol. The second-order valence-corrected chi connectivity index (χ2v) is 22.1. The fourth-order valence-electron chi connectivity index (χ4n) is 9.78. The molecule has 3 aromatic rings. The highest BCUT2D eigenvalue weighted by Crippen LogP contribution is 2.31. The van der Waals surface area contributed by atoms with Crippen LogP contribution in [0, 0.1) is 71.0 Å². The molecule has 7 aliphatic rings. The Morgan fingerprint density at radius 2 is 0.437 bits per heavy atom. The molecule has 0 amide bonds. The smallest absolute Gasteiger partial charge is 0.166 e. The molecule has 0 fully saturated rings. The Bertz CT molecular complexity index is 2810. The number of rotatable bonds is 30. The standard InChI is InChI=1S/C75H87N3O9/c1-10-13-16-19-22-25-52-85-67-55-61-28-34-70(79-4)40-44-72(81-6,45-41-70)36-30-63-57-68(86-53-26-23-20-17-14-11-2)59-65(77-63)32-38-74(83-8)48-50-75(84-9,51-49-74)39-33-66-60-69(87-54-27-24-21-18-15-12-3)58-64(78-66)31-37-73(82-7)46-42-71(80-5,43-47-73)35-29-62(56-67)76-61/h40-51,55-60H,10-27,52-54H2,1-9H3. The highest BCUT2D eigenvalue weighted by Gasteiger charge is 2.35. The van der Waals surface area contributed by atoms with E-state index in [1.807, 2.05) is 109 Å². The molecule has 3 aliphatic carbocycles. The summed E-state index contributed by atoms with van der Waals surface area (Å²) in [7, 11) is 9.61. The van der Waals surface area contributed by atoms with Crippen molar-refractivity contribution in [2.24, 2.45) is 0 Å². The number of pyridine rings is 3. The normalized spacial score (nSPS) is 23.6. The first-order valence-corrected chi connectivity index (χ1v) is 31.0. The van der Waals surface area contributed by atoms with Gasteiger partial charge in [0.2, 0.25) is 0 Å². The highest BCUT2D eigenvalue weighted by atomic mass is 16.5. The van der Waals surface area contributed by atoms with E-state index in [4.69, 9.17) is 57.6 Å². The molecule has 10 rings (SSSR count). The van der Waals surface area contributed by atoms with Gasteiger partial charge in [-0.15, -0.1) is 0 Å². The van der Waals surface area contributed by atoms with Crippen molar-refractivity contribution in [2.45, 2.75) is 170 Å². The summed E-state index contributed by atoms with van der Waals surface area (Å²) in [6.45, 7) is 8.28. The van der Waals surface area contributed by atoms with E-state index in [-0.39, 0.29) is 0 Å². The number of nitrogens with zero attached hydrogens (tertiary/aromatic N) is 3. The van der Waals surface area contributed by atoms with Crippen LogP contribution in [0.25, 0.3) is 0 Å². The van der Waals surface area contributed by atoms with Crippen LogP contribution < -0.4 is 14.2 Å². The van der Waals surface area contributed by atoms with Gasteiger partial charge in [-0.3, -0.25) is 0 Å². The number of hydrogen-bond donors (Lipinski definition) is 0. The lowest BCUT2D eigenvalue weighted by atomic mass is 9.89. The Balaban J connectivity index is 1.32. The molecule has 0 N–H and O–H groups in total. The predicted octanol–water partition coefficient (Wildman–Crippen LogP) is 13.3. The topological polar surface area (TPSA) is 122 Å². The van der Waals surface area contributed by atoms with Crippen LogP contribution in [-0.4, -0.2) is 111 Å². The molecule has 12 bridgehead atoms. The molecule has 3 aromatic heterocycles. The minimum Gasteiger partial charge on any atom is -0.493 e. The van der Waals surface area contributed by atoms with Crippen LogP contribution in [0.1, 0.15) is 171 Å². The first-order valence-electron chi connectivity index (χ1n) is 31.0. The van der Waals surface area contributed by atoms with Crippen molar-refractivity contribution in [1.82, 2.24) is 15.0 Å². The third kappa shape index (κ3) is 20.0. The average molecular weight is 1170 g/mol. The van der Waals surface area contributed by atoms with Crippen LogP contribution >= 0.6 is 0 Å². The van der Waals surface area contributed by atoms with Crippen LogP contribution in [0.4, 0.5) is 0 Å². The van der Waals surface area contributed by atoms with E-state index in [2.05, 4.69) is 91.8 Å². The molecule has 0 unspecified atom stereocenters. The van der Waals surface area contributed by atoms with Crippen molar-refractivity contribution in [3.8, 4) is 88.3 Å². The van der Waals surface area contributed by atoms with Gasteiger partial charge in [0, 0.05) is 79.1 Å². The maximum absolute atomic E-state index is 6.36. The van der Waals surface area contributed by atoms with E-state index in [1.54, 1.807) is 42.7 Å². The molecule has 0 saturated heterocycles. The lowest BCUT2D eigenvalue weighted by molar-refractivity contribution is 0.0954. The molecule has 7 heterocycles. The van der Waals surface area contributed by atoms with Crippen molar-refractivity contribution in [3.63, 3.8) is 0 Å². The fraction of sp³-hybridized carbons (Fsp3) is 0.480. The van der Waals surface area contributed by atoms with Crippen molar-refractivity contribution in [3.05, 3.63) is 143 Å². The molecule has 0 aromatic carbocycles. The van der Waals surface area contributed by atoms with Gasteiger partial charge in [0.15, 0.2) is 33.6 Å². The third-order valence-electron chi connectivity index (χ3n) is 15.5. The highest BCUT2D eigenvalue weighted by molar-refractivity contribution is 5.54. The van der Waals surface area contributed by atoms with Gasteiger partial charge < -0.3 is 42.6 Å². The van der Waals surface area contributed by atoms with E-state index < -0.39 is 33.6 Å². The van der Waals surface area contributed by atoms with E-state index in [0.717, 1.165) is 57.8 Å². The van der Waals surface area contributed by atoms with Crippen LogP contribution in [-0.2, 0) is 28.4 Å². The lowest BCUT2D eigenvalue weighted by Crippen LogP contribution is -2.34. The number of aromatic nitrogens is 3. The molecular formula is C75H87N3O9. The maximum Gasteiger partial charge on any atom is 0.166 e. The first kappa shape index (κ1) is 66.9. The summed E-state index contributed by atoms with van der Waals surface area (Å²) >= 11 is 0. The zero-order valence-electron chi connectivity index (χ0n) is 52.8. The molecule has 456 valence electrons. The molecule has 0 spiro atoms. The minimum atomic E-state index is -1.15. The van der Waals surface area contributed by atoms with E-state index in [9.17, 15) is 0 Å². The quantitative estimate of drug-likeness (QED) is 0.0359. The summed E-state index contributed by atoms with van der Waals surface area (Å²) in [6, 6.07) is 11.0. The summed E-state index contributed by atoms with van der Waals surface area (Å²) in [6.07, 6.45) is 42.4. The van der Waals surface area contributed by atoms with Crippen molar-refractivity contribution < 1.29 is 42.6 Å². The number of hydrogen-bond acceptors (Lipinski definition) is 12.